The zero-order valence-electron chi connectivity index (χ0n) is 8.38. The van der Waals surface area contributed by atoms with E-state index in [2.05, 4.69) is 6.92 Å². The van der Waals surface area contributed by atoms with Gasteiger partial charge in [-0.25, -0.2) is 4.79 Å². The second kappa shape index (κ2) is 7.80. The first-order chi connectivity index (χ1) is 6.26. The molecule has 13 heavy (non-hydrogen) atoms. The van der Waals surface area contributed by atoms with Crippen LogP contribution in [-0.2, 0) is 9.53 Å². The maximum atomic E-state index is 11.2. The predicted octanol–water partition coefficient (Wildman–Crippen LogP) is 1.66. The molecule has 0 saturated heterocycles. The Balaban J connectivity index is 3.87. The van der Waals surface area contributed by atoms with Gasteiger partial charge in [0.15, 0.2) is 0 Å². The molecular formula is C10H18O3. The highest BCUT2D eigenvalue weighted by Crippen LogP contribution is 2.08. The topological polar surface area (TPSA) is 46.5 Å². The van der Waals surface area contributed by atoms with Crippen LogP contribution in [0.2, 0.25) is 0 Å². The quantitative estimate of drug-likeness (QED) is 0.507. The van der Waals surface area contributed by atoms with Crippen LogP contribution in [0.15, 0.2) is 11.6 Å². The van der Waals surface area contributed by atoms with Crippen molar-refractivity contribution in [2.24, 2.45) is 0 Å². The van der Waals surface area contributed by atoms with E-state index < -0.39 is 0 Å². The van der Waals surface area contributed by atoms with Crippen molar-refractivity contribution in [1.82, 2.24) is 0 Å². The molecule has 0 aliphatic rings. The van der Waals surface area contributed by atoms with E-state index >= 15 is 0 Å². The lowest BCUT2D eigenvalue weighted by Gasteiger charge is -2.05. The third kappa shape index (κ3) is 5.42. The van der Waals surface area contributed by atoms with Gasteiger partial charge in [-0.1, -0.05) is 19.4 Å². The van der Waals surface area contributed by atoms with Crippen LogP contribution in [0.3, 0.4) is 0 Å². The normalized spacial score (nSPS) is 11.5. The summed E-state index contributed by atoms with van der Waals surface area (Å²) in [7, 11) is 0. The van der Waals surface area contributed by atoms with E-state index in [0.29, 0.717) is 5.57 Å². The van der Waals surface area contributed by atoms with Crippen LogP contribution in [0.4, 0.5) is 0 Å². The predicted molar refractivity (Wildman–Crippen MR) is 51.3 cm³/mol. The van der Waals surface area contributed by atoms with E-state index in [1.165, 1.54) is 0 Å². The molecule has 0 aliphatic heterocycles. The van der Waals surface area contributed by atoms with Crippen LogP contribution in [0.5, 0.6) is 0 Å². The molecule has 0 aromatic carbocycles. The van der Waals surface area contributed by atoms with Gasteiger partial charge in [0.05, 0.1) is 6.61 Å². The number of aliphatic hydroxyl groups excluding tert-OH is 1. The SMILES string of the molecule is CC=C(CCCC)C(=O)OCCO. The molecule has 0 aromatic heterocycles. The van der Waals surface area contributed by atoms with Crippen molar-refractivity contribution < 1.29 is 14.6 Å². The first kappa shape index (κ1) is 12.2. The number of allylic oxidation sites excluding steroid dienone is 1. The fraction of sp³-hybridized carbons (Fsp3) is 0.700. The maximum Gasteiger partial charge on any atom is 0.333 e. The molecule has 3 nitrogen and oxygen atoms in total. The summed E-state index contributed by atoms with van der Waals surface area (Å²) in [4.78, 5) is 11.2. The molecule has 0 rings (SSSR count). The van der Waals surface area contributed by atoms with Gasteiger partial charge >= 0.3 is 5.97 Å². The lowest BCUT2D eigenvalue weighted by atomic mass is 10.1. The minimum absolute atomic E-state index is 0.0856. The molecule has 3 heteroatoms. The Morgan fingerprint density at radius 1 is 1.54 bits per heavy atom. The van der Waals surface area contributed by atoms with Crippen LogP contribution >= 0.6 is 0 Å². The van der Waals surface area contributed by atoms with Gasteiger partial charge in [-0.05, 0) is 19.8 Å². The van der Waals surface area contributed by atoms with Crippen molar-refractivity contribution in [3.63, 3.8) is 0 Å². The number of esters is 1. The van der Waals surface area contributed by atoms with Crippen LogP contribution in [0.25, 0.3) is 0 Å². The van der Waals surface area contributed by atoms with Crippen molar-refractivity contribution >= 4 is 5.97 Å². The second-order valence-electron chi connectivity index (χ2n) is 2.78. The van der Waals surface area contributed by atoms with Gasteiger partial charge in [0.25, 0.3) is 0 Å². The average Bonchev–Trinajstić information content (AvgIpc) is 2.16. The number of hydrogen-bond donors (Lipinski definition) is 1. The molecule has 0 saturated carbocycles. The minimum Gasteiger partial charge on any atom is -0.460 e. The summed E-state index contributed by atoms with van der Waals surface area (Å²) in [6, 6.07) is 0. The largest absolute Gasteiger partial charge is 0.460 e. The average molecular weight is 186 g/mol. The molecule has 0 heterocycles. The van der Waals surface area contributed by atoms with Gasteiger partial charge in [0.2, 0.25) is 0 Å². The Morgan fingerprint density at radius 3 is 2.69 bits per heavy atom. The summed E-state index contributed by atoms with van der Waals surface area (Å²) in [6.45, 7) is 3.87. The number of unbranched alkanes of at least 4 members (excludes halogenated alkanes) is 1. The molecule has 0 spiro atoms. The van der Waals surface area contributed by atoms with E-state index in [1.807, 2.05) is 6.92 Å². The minimum atomic E-state index is -0.301. The summed E-state index contributed by atoms with van der Waals surface area (Å²) in [5.74, 6) is -0.301. The maximum absolute atomic E-state index is 11.2. The Morgan fingerprint density at radius 2 is 2.23 bits per heavy atom. The molecule has 76 valence electrons. The van der Waals surface area contributed by atoms with E-state index in [1.54, 1.807) is 6.08 Å². The third-order valence-corrected chi connectivity index (χ3v) is 1.73. The monoisotopic (exact) mass is 186 g/mol. The number of carbonyl (C=O) groups is 1. The summed E-state index contributed by atoms with van der Waals surface area (Å²) in [5.41, 5.74) is 0.704. The first-order valence-corrected chi connectivity index (χ1v) is 4.69. The zero-order valence-corrected chi connectivity index (χ0v) is 8.38. The standard InChI is InChI=1S/C10H18O3/c1-3-5-6-9(4-2)10(12)13-8-7-11/h4,11H,3,5-8H2,1-2H3. The number of rotatable bonds is 6. The van der Waals surface area contributed by atoms with Crippen molar-refractivity contribution in [1.29, 1.82) is 0 Å². The number of carbonyl (C=O) groups excluding carboxylic acids is 1. The molecular weight excluding hydrogens is 168 g/mol. The van der Waals surface area contributed by atoms with Gasteiger partial charge in [0.1, 0.15) is 6.61 Å². The highest BCUT2D eigenvalue weighted by molar-refractivity contribution is 5.88. The molecule has 0 aliphatic carbocycles. The van der Waals surface area contributed by atoms with E-state index in [9.17, 15) is 4.79 Å². The fourth-order valence-corrected chi connectivity index (χ4v) is 0.963. The summed E-state index contributed by atoms with van der Waals surface area (Å²) in [6.07, 6.45) is 4.59. The van der Waals surface area contributed by atoms with Gasteiger partial charge in [-0.15, -0.1) is 0 Å². The van der Waals surface area contributed by atoms with Gasteiger partial charge < -0.3 is 9.84 Å². The Labute approximate surface area is 79.4 Å². The van der Waals surface area contributed by atoms with Crippen molar-refractivity contribution in [3.05, 3.63) is 11.6 Å². The molecule has 0 radical (unpaired) electrons. The lowest BCUT2D eigenvalue weighted by Crippen LogP contribution is -2.10. The van der Waals surface area contributed by atoms with Crippen LogP contribution < -0.4 is 0 Å². The number of hydrogen-bond acceptors (Lipinski definition) is 3. The molecule has 0 atom stereocenters. The molecule has 0 aromatic rings. The molecule has 0 bridgehead atoms. The molecule has 0 unspecified atom stereocenters. The lowest BCUT2D eigenvalue weighted by molar-refractivity contribution is -0.140. The first-order valence-electron chi connectivity index (χ1n) is 4.69. The Kier molecular flexibility index (Phi) is 7.30. The third-order valence-electron chi connectivity index (χ3n) is 1.73. The Hall–Kier alpha value is -0.830. The summed E-state index contributed by atoms with van der Waals surface area (Å²) < 4.78 is 4.78. The molecule has 0 amide bonds. The van der Waals surface area contributed by atoms with Gasteiger partial charge in [-0.3, -0.25) is 0 Å². The summed E-state index contributed by atoms with van der Waals surface area (Å²) in [5, 5.41) is 8.45. The van der Waals surface area contributed by atoms with Crippen LogP contribution in [0.1, 0.15) is 33.1 Å². The Bertz CT molecular complexity index is 173. The van der Waals surface area contributed by atoms with Crippen LogP contribution in [0, 0.1) is 0 Å². The van der Waals surface area contributed by atoms with E-state index in [0.717, 1.165) is 19.3 Å². The van der Waals surface area contributed by atoms with E-state index in [4.69, 9.17) is 9.84 Å². The number of aliphatic hydroxyl groups is 1. The second-order valence-corrected chi connectivity index (χ2v) is 2.78. The van der Waals surface area contributed by atoms with Crippen molar-refractivity contribution in [2.45, 2.75) is 33.1 Å². The van der Waals surface area contributed by atoms with Crippen molar-refractivity contribution in [2.75, 3.05) is 13.2 Å². The zero-order chi connectivity index (χ0) is 10.1. The van der Waals surface area contributed by atoms with E-state index in [-0.39, 0.29) is 19.2 Å². The number of ether oxygens (including phenoxy) is 1. The van der Waals surface area contributed by atoms with Crippen molar-refractivity contribution in [3.8, 4) is 0 Å². The molecule has 1 N–H and O–H groups in total. The van der Waals surface area contributed by atoms with Gasteiger partial charge in [0, 0.05) is 5.57 Å². The highest BCUT2D eigenvalue weighted by Gasteiger charge is 2.08. The highest BCUT2D eigenvalue weighted by atomic mass is 16.5. The van der Waals surface area contributed by atoms with Gasteiger partial charge in [-0.2, -0.15) is 0 Å². The fourth-order valence-electron chi connectivity index (χ4n) is 0.963. The van der Waals surface area contributed by atoms with Crippen LogP contribution in [-0.4, -0.2) is 24.3 Å². The smallest absolute Gasteiger partial charge is 0.333 e. The molecule has 0 fully saturated rings. The summed E-state index contributed by atoms with van der Waals surface area (Å²) >= 11 is 0.